The monoisotopic (exact) mass is 1260 g/mol. The molecule has 8 aliphatic rings. The van der Waals surface area contributed by atoms with Crippen molar-refractivity contribution >= 4 is 93.2 Å². The molecule has 4 aromatic heterocycles. The zero-order chi connectivity index (χ0) is 66.2. The molecule has 8 atom stereocenters. The molecule has 0 aromatic carbocycles. The maximum atomic E-state index is 10.9. The molecule has 12 rings (SSSR count). The second-order valence-corrected chi connectivity index (χ2v) is 26.4. The molecule has 0 saturated carbocycles. The van der Waals surface area contributed by atoms with Gasteiger partial charge >= 0.3 is 23.9 Å². The van der Waals surface area contributed by atoms with Gasteiger partial charge in [0.15, 0.2) is 0 Å². The van der Waals surface area contributed by atoms with Gasteiger partial charge in [-0.2, -0.15) is 0 Å². The number of hydrogen-bond acceptors (Lipinski definition) is 16. The van der Waals surface area contributed by atoms with Crippen LogP contribution in [0.4, 0.5) is 69.3 Å². The average molecular weight is 1260 g/mol. The summed E-state index contributed by atoms with van der Waals surface area (Å²) in [5.41, 5.74) is 6.34. The number of carboxylic acid groups (broad SMARTS) is 4. The quantitative estimate of drug-likeness (QED) is 0.0762. The molecule has 0 amide bonds. The van der Waals surface area contributed by atoms with Gasteiger partial charge < -0.3 is 59.6 Å². The third-order valence-corrected chi connectivity index (χ3v) is 19.7. The van der Waals surface area contributed by atoms with E-state index in [-0.39, 0.29) is 49.4 Å². The number of aliphatic carboxylic acids is 4. The van der Waals surface area contributed by atoms with E-state index >= 15 is 0 Å². The highest BCUT2D eigenvalue weighted by Gasteiger charge is 2.36. The van der Waals surface area contributed by atoms with Crippen molar-refractivity contribution in [3.63, 3.8) is 0 Å². The largest absolute Gasteiger partial charge is 0.481 e. The first-order valence-corrected chi connectivity index (χ1v) is 32.5. The van der Waals surface area contributed by atoms with Crippen LogP contribution in [0.25, 0.3) is 19.4 Å². The number of aromatic nitrogens is 4. The molecule has 8 saturated heterocycles. The fraction of sp³-hybridized carbons (Fsp3) is 0.588. The second kappa shape index (κ2) is 29.4. The normalized spacial score (nSPS) is 23.5. The third kappa shape index (κ3) is 15.4. The first-order chi connectivity index (χ1) is 44.0. The molecular weight excluding hydrogens is 1170 g/mol. The van der Waals surface area contributed by atoms with E-state index in [2.05, 4.69) is 86.3 Å². The van der Waals surface area contributed by atoms with Gasteiger partial charge in [0.05, 0.1) is 26.3 Å². The van der Waals surface area contributed by atoms with Gasteiger partial charge in [-0.3, -0.25) is 19.2 Å². The van der Waals surface area contributed by atoms with E-state index in [1.807, 2.05) is 52.0 Å². The molecular formula is C68H88N16O8. The lowest BCUT2D eigenvalue weighted by Crippen LogP contribution is -2.46. The van der Waals surface area contributed by atoms with E-state index in [1.165, 1.54) is 0 Å². The summed E-state index contributed by atoms with van der Waals surface area (Å²) in [4.78, 5) is 94.7. The van der Waals surface area contributed by atoms with Crippen molar-refractivity contribution in [2.24, 2.45) is 23.7 Å². The second-order valence-electron chi connectivity index (χ2n) is 26.4. The van der Waals surface area contributed by atoms with E-state index in [1.54, 1.807) is 0 Å². The van der Waals surface area contributed by atoms with Gasteiger partial charge in [-0.05, 0) is 177 Å². The van der Waals surface area contributed by atoms with Crippen LogP contribution < -0.4 is 39.2 Å². The SMILES string of the molecule is [C-]#[N+]c1c(C)cc(N2CC[C@@H](CC(=O)O)C2)nc1N1CC[C@@H]1C.[C-]#[N+]c1c(C)cc(N2CC[C@@H](CC(=O)O)C2)nc1N1CC[C@H]1C.[C-]#[N+]c1c(C)cc(N2CC[C@H](CC(=O)O)C2)nc1N1CC[C@@H]1C.[C-]#[N+]c1c(C)cc(N2CC[C@H](CC(=O)O)C2)nc1N1CC[C@H]1C. The van der Waals surface area contributed by atoms with Crippen LogP contribution in [0.1, 0.15) is 127 Å². The van der Waals surface area contributed by atoms with Crippen molar-refractivity contribution < 1.29 is 39.6 Å². The van der Waals surface area contributed by atoms with Gasteiger partial charge in [-0.25, -0.2) is 39.3 Å². The van der Waals surface area contributed by atoms with Crippen molar-refractivity contribution in [1.82, 2.24) is 19.9 Å². The van der Waals surface area contributed by atoms with Gasteiger partial charge in [-0.1, -0.05) is 0 Å². The molecule has 0 unspecified atom stereocenters. The fourth-order valence-electron chi connectivity index (χ4n) is 13.7. The highest BCUT2D eigenvalue weighted by atomic mass is 16.4. The Kier molecular flexibility index (Phi) is 21.5. The van der Waals surface area contributed by atoms with Gasteiger partial charge in [0.2, 0.25) is 22.7 Å². The predicted octanol–water partition coefficient (Wildman–Crippen LogP) is 11.4. The Morgan fingerprint density at radius 1 is 0.370 bits per heavy atom. The minimum Gasteiger partial charge on any atom is -0.481 e. The number of nitrogens with zero attached hydrogens (tertiary/aromatic N) is 16. The smallest absolute Gasteiger partial charge is 0.303 e. The average Bonchev–Trinajstić information content (AvgIpc) is 1.08. The molecule has 12 heterocycles. The highest BCUT2D eigenvalue weighted by Crippen LogP contribution is 2.43. The van der Waals surface area contributed by atoms with E-state index in [9.17, 15) is 19.2 Å². The van der Waals surface area contributed by atoms with Gasteiger partial charge in [0.1, 0.15) is 46.5 Å². The summed E-state index contributed by atoms with van der Waals surface area (Å²) in [6.07, 6.45) is 8.91. The molecule has 0 aliphatic carbocycles. The van der Waals surface area contributed by atoms with Crippen LogP contribution in [0.2, 0.25) is 0 Å². The molecule has 0 bridgehead atoms. The summed E-state index contributed by atoms with van der Waals surface area (Å²) in [7, 11) is 0. The zero-order valence-electron chi connectivity index (χ0n) is 54.5. The van der Waals surface area contributed by atoms with Crippen molar-refractivity contribution in [2.45, 2.75) is 157 Å². The Morgan fingerprint density at radius 3 is 0.707 bits per heavy atom. The van der Waals surface area contributed by atoms with Crippen molar-refractivity contribution in [3.8, 4) is 0 Å². The van der Waals surface area contributed by atoms with Crippen LogP contribution in [0, 0.1) is 77.7 Å². The molecule has 8 fully saturated rings. The van der Waals surface area contributed by atoms with E-state index in [0.717, 1.165) is 199 Å². The number of carbonyl (C=O) groups is 4. The molecule has 4 aromatic rings. The first kappa shape index (κ1) is 67.2. The minimum atomic E-state index is -0.737. The summed E-state index contributed by atoms with van der Waals surface area (Å²) in [5.74, 6) is 4.42. The van der Waals surface area contributed by atoms with Crippen LogP contribution in [0.15, 0.2) is 24.3 Å². The van der Waals surface area contributed by atoms with E-state index in [0.29, 0.717) is 46.9 Å². The lowest BCUT2D eigenvalue weighted by atomic mass is 10.0. The van der Waals surface area contributed by atoms with Crippen LogP contribution >= 0.6 is 0 Å². The minimum absolute atomic E-state index is 0.182. The van der Waals surface area contributed by atoms with Crippen molar-refractivity contribution in [1.29, 1.82) is 0 Å². The van der Waals surface area contributed by atoms with Crippen LogP contribution in [-0.4, -0.2) is 167 Å². The van der Waals surface area contributed by atoms with Crippen molar-refractivity contribution in [3.05, 3.63) is 92.2 Å². The summed E-state index contributed by atoms with van der Waals surface area (Å²) >= 11 is 0. The highest BCUT2D eigenvalue weighted by molar-refractivity contribution is 5.78. The predicted molar refractivity (Wildman–Crippen MR) is 357 cm³/mol. The van der Waals surface area contributed by atoms with Gasteiger partial charge in [-0.15, -0.1) is 0 Å². The fourth-order valence-corrected chi connectivity index (χ4v) is 13.7. The maximum absolute atomic E-state index is 10.9. The maximum Gasteiger partial charge on any atom is 0.303 e. The topological polar surface area (TPSA) is 244 Å². The van der Waals surface area contributed by atoms with E-state index < -0.39 is 23.9 Å². The zero-order valence-corrected chi connectivity index (χ0v) is 54.5. The van der Waals surface area contributed by atoms with Crippen LogP contribution in [-0.2, 0) is 19.2 Å². The summed E-state index contributed by atoms with van der Waals surface area (Å²) in [5, 5.41) is 35.8. The van der Waals surface area contributed by atoms with Crippen molar-refractivity contribution in [2.75, 3.05) is 118 Å². The lowest BCUT2D eigenvalue weighted by Gasteiger charge is -2.41. The molecule has 488 valence electrons. The number of hydrogen-bond donors (Lipinski definition) is 4. The molecule has 92 heavy (non-hydrogen) atoms. The standard InChI is InChI=1S/4C17H22N4O2/c4*1-11-8-14(20-6-5-13(10-20)9-15(22)23)19-17(16(11)18-3)21-7-4-12(21)2/h4*8,12-13H,4-7,9-10H2,1-2H3,(H,22,23)/t2*12-,13+;2*12-,13-/m1010/s1. The summed E-state index contributed by atoms with van der Waals surface area (Å²) < 4.78 is 0. The Hall–Kier alpha value is -9.16. The Balaban J connectivity index is 0.000000145. The molecule has 8 aliphatic heterocycles. The molecule has 24 heteroatoms. The van der Waals surface area contributed by atoms with E-state index in [4.69, 9.17) is 66.7 Å². The summed E-state index contributed by atoms with van der Waals surface area (Å²) in [6.45, 7) is 56.3. The molecule has 0 spiro atoms. The first-order valence-electron chi connectivity index (χ1n) is 32.5. The Bertz CT molecular complexity index is 3130. The molecule has 0 radical (unpaired) electrons. The molecule has 4 N–H and O–H groups in total. The Morgan fingerprint density at radius 2 is 0.565 bits per heavy atom. The van der Waals surface area contributed by atoms with Crippen LogP contribution in [0.3, 0.4) is 0 Å². The molecule has 24 nitrogen and oxygen atoms in total. The number of rotatable bonds is 16. The number of anilines is 8. The number of carboxylic acids is 4. The summed E-state index contributed by atoms with van der Waals surface area (Å²) in [6, 6.07) is 9.56. The van der Waals surface area contributed by atoms with Crippen LogP contribution in [0.5, 0.6) is 0 Å². The number of aryl methyl sites for hydroxylation is 4. The van der Waals surface area contributed by atoms with Gasteiger partial charge in [0.25, 0.3) is 0 Å². The number of pyridine rings is 4. The lowest BCUT2D eigenvalue weighted by molar-refractivity contribution is -0.139. The van der Waals surface area contributed by atoms with Gasteiger partial charge in [0, 0.05) is 128 Å². The third-order valence-electron chi connectivity index (χ3n) is 19.7. The Labute approximate surface area is 540 Å².